The molecule has 4 heteroatoms. The van der Waals surface area contributed by atoms with Gasteiger partial charge in [-0.1, -0.05) is 17.7 Å². The summed E-state index contributed by atoms with van der Waals surface area (Å²) in [5.74, 6) is 0. The lowest BCUT2D eigenvalue weighted by Crippen LogP contribution is -2.51. The van der Waals surface area contributed by atoms with Crippen molar-refractivity contribution in [3.63, 3.8) is 0 Å². The molecule has 1 aromatic carbocycles. The molecule has 1 atom stereocenters. The predicted octanol–water partition coefficient (Wildman–Crippen LogP) is 2.22. The zero-order valence-electron chi connectivity index (χ0n) is 8.99. The third kappa shape index (κ3) is 1.60. The first-order valence-corrected chi connectivity index (χ1v) is 6.02. The third-order valence-electron chi connectivity index (χ3n) is 3.22. The van der Waals surface area contributed by atoms with Crippen LogP contribution < -0.4 is 10.2 Å². The molecule has 0 aliphatic carbocycles. The van der Waals surface area contributed by atoms with Gasteiger partial charge in [0, 0.05) is 38.3 Å². The number of para-hydroxylation sites is 1. The maximum absolute atomic E-state index is 6.19. The molecule has 0 saturated carbocycles. The van der Waals surface area contributed by atoms with Gasteiger partial charge in [0.15, 0.2) is 0 Å². The van der Waals surface area contributed by atoms with Crippen LogP contribution in [0.25, 0.3) is 0 Å². The van der Waals surface area contributed by atoms with E-state index in [4.69, 9.17) is 11.6 Å². The number of fused-ring (bicyclic) bond motifs is 3. The molecule has 16 heavy (non-hydrogen) atoms. The fourth-order valence-corrected chi connectivity index (χ4v) is 2.64. The Labute approximate surface area is 100 Å². The summed E-state index contributed by atoms with van der Waals surface area (Å²) >= 11 is 6.19. The number of benzene rings is 1. The van der Waals surface area contributed by atoms with Gasteiger partial charge in [0.1, 0.15) is 5.69 Å². The van der Waals surface area contributed by atoms with Crippen LogP contribution in [0, 0.1) is 0 Å². The Hall–Kier alpha value is -1.06. The summed E-state index contributed by atoms with van der Waals surface area (Å²) in [5.41, 5.74) is 2.10. The molecular formula is C12H14ClN3. The minimum Gasteiger partial charge on any atom is -0.364 e. The number of nitrogens with one attached hydrogen (secondary N) is 1. The van der Waals surface area contributed by atoms with Gasteiger partial charge in [-0.3, -0.25) is 4.99 Å². The number of anilines is 1. The van der Waals surface area contributed by atoms with Gasteiger partial charge in [0.2, 0.25) is 0 Å². The smallest absolute Gasteiger partial charge is 0.104 e. The molecule has 2 aliphatic rings. The summed E-state index contributed by atoms with van der Waals surface area (Å²) in [7, 11) is 0. The SMILES string of the molecule is Clc1cccc2c1N=CCC1CNCCN21. The van der Waals surface area contributed by atoms with E-state index in [0.717, 1.165) is 36.8 Å². The lowest BCUT2D eigenvalue weighted by atomic mass is 10.1. The molecule has 84 valence electrons. The molecule has 0 aromatic heterocycles. The Morgan fingerprint density at radius 2 is 2.38 bits per heavy atom. The Bertz CT molecular complexity index is 430. The van der Waals surface area contributed by atoms with E-state index in [1.165, 1.54) is 5.69 Å². The van der Waals surface area contributed by atoms with Gasteiger partial charge in [-0.15, -0.1) is 0 Å². The van der Waals surface area contributed by atoms with Gasteiger partial charge in [0.25, 0.3) is 0 Å². The minimum atomic E-state index is 0.511. The Kier molecular flexibility index (Phi) is 2.58. The highest BCUT2D eigenvalue weighted by Crippen LogP contribution is 2.38. The molecule has 0 spiro atoms. The maximum Gasteiger partial charge on any atom is 0.104 e. The second-order valence-corrected chi connectivity index (χ2v) is 4.61. The fourth-order valence-electron chi connectivity index (χ4n) is 2.42. The number of nitrogens with zero attached hydrogens (tertiary/aromatic N) is 2. The van der Waals surface area contributed by atoms with Crippen molar-refractivity contribution in [1.29, 1.82) is 0 Å². The second-order valence-electron chi connectivity index (χ2n) is 4.21. The van der Waals surface area contributed by atoms with E-state index in [-0.39, 0.29) is 0 Å². The molecule has 3 rings (SSSR count). The quantitative estimate of drug-likeness (QED) is 0.747. The molecule has 1 saturated heterocycles. The highest BCUT2D eigenvalue weighted by molar-refractivity contribution is 6.33. The van der Waals surface area contributed by atoms with Gasteiger partial charge in [0.05, 0.1) is 10.7 Å². The lowest BCUT2D eigenvalue weighted by molar-refractivity contribution is 0.489. The second kappa shape index (κ2) is 4.07. The summed E-state index contributed by atoms with van der Waals surface area (Å²) < 4.78 is 0. The van der Waals surface area contributed by atoms with Crippen LogP contribution in [0.15, 0.2) is 23.2 Å². The van der Waals surface area contributed by atoms with Crippen molar-refractivity contribution < 1.29 is 0 Å². The maximum atomic E-state index is 6.19. The highest BCUT2D eigenvalue weighted by atomic mass is 35.5. The minimum absolute atomic E-state index is 0.511. The lowest BCUT2D eigenvalue weighted by Gasteiger charge is -2.37. The molecule has 3 nitrogen and oxygen atoms in total. The standard InChI is InChI=1S/C12H14ClN3/c13-10-2-1-3-11-12(10)15-5-4-9-8-14-6-7-16(9)11/h1-3,5,9,14H,4,6-8H2. The van der Waals surface area contributed by atoms with Crippen LogP contribution in [0.2, 0.25) is 5.02 Å². The van der Waals surface area contributed by atoms with Crippen molar-refractivity contribution in [2.45, 2.75) is 12.5 Å². The van der Waals surface area contributed by atoms with Crippen LogP contribution in [0.5, 0.6) is 0 Å². The third-order valence-corrected chi connectivity index (χ3v) is 3.53. The molecular weight excluding hydrogens is 222 g/mol. The first-order valence-electron chi connectivity index (χ1n) is 5.64. The van der Waals surface area contributed by atoms with Crippen LogP contribution in [0.1, 0.15) is 6.42 Å². The van der Waals surface area contributed by atoms with Crippen molar-refractivity contribution in [1.82, 2.24) is 5.32 Å². The molecule has 1 unspecified atom stereocenters. The predicted molar refractivity (Wildman–Crippen MR) is 68.2 cm³/mol. The number of rotatable bonds is 0. The largest absolute Gasteiger partial charge is 0.364 e. The van der Waals surface area contributed by atoms with E-state index in [9.17, 15) is 0 Å². The molecule has 1 fully saturated rings. The van der Waals surface area contributed by atoms with E-state index in [1.54, 1.807) is 0 Å². The molecule has 1 aromatic rings. The van der Waals surface area contributed by atoms with E-state index in [0.29, 0.717) is 6.04 Å². The fraction of sp³-hybridized carbons (Fsp3) is 0.417. The van der Waals surface area contributed by atoms with Crippen molar-refractivity contribution in [3.8, 4) is 0 Å². The van der Waals surface area contributed by atoms with Gasteiger partial charge in [-0.25, -0.2) is 0 Å². The van der Waals surface area contributed by atoms with E-state index < -0.39 is 0 Å². The summed E-state index contributed by atoms with van der Waals surface area (Å²) in [4.78, 5) is 6.91. The first-order chi connectivity index (χ1) is 7.86. The van der Waals surface area contributed by atoms with Crippen LogP contribution in [-0.2, 0) is 0 Å². The van der Waals surface area contributed by atoms with Crippen LogP contribution >= 0.6 is 11.6 Å². The Morgan fingerprint density at radius 1 is 1.44 bits per heavy atom. The molecule has 0 bridgehead atoms. The van der Waals surface area contributed by atoms with Crippen LogP contribution in [0.3, 0.4) is 0 Å². The number of piperazine rings is 1. The van der Waals surface area contributed by atoms with Gasteiger partial charge < -0.3 is 10.2 Å². The van der Waals surface area contributed by atoms with E-state index >= 15 is 0 Å². The molecule has 2 heterocycles. The zero-order valence-corrected chi connectivity index (χ0v) is 9.74. The van der Waals surface area contributed by atoms with Crippen molar-refractivity contribution in [2.24, 2.45) is 4.99 Å². The molecule has 2 aliphatic heterocycles. The number of aliphatic imine (C=N–C) groups is 1. The van der Waals surface area contributed by atoms with Gasteiger partial charge >= 0.3 is 0 Å². The average molecular weight is 236 g/mol. The Morgan fingerprint density at radius 3 is 3.31 bits per heavy atom. The summed E-state index contributed by atoms with van der Waals surface area (Å²) in [6.07, 6.45) is 2.97. The van der Waals surface area contributed by atoms with E-state index in [1.807, 2.05) is 18.3 Å². The van der Waals surface area contributed by atoms with E-state index in [2.05, 4.69) is 21.3 Å². The summed E-state index contributed by atoms with van der Waals surface area (Å²) in [5, 5.41) is 4.16. The van der Waals surface area contributed by atoms with Crippen LogP contribution in [-0.4, -0.2) is 31.9 Å². The molecule has 0 radical (unpaired) electrons. The highest BCUT2D eigenvalue weighted by Gasteiger charge is 2.25. The van der Waals surface area contributed by atoms with Gasteiger partial charge in [-0.2, -0.15) is 0 Å². The summed E-state index contributed by atoms with van der Waals surface area (Å²) in [6, 6.07) is 6.53. The monoisotopic (exact) mass is 235 g/mol. The number of hydrogen-bond acceptors (Lipinski definition) is 3. The first kappa shape index (κ1) is 10.1. The Balaban J connectivity index is 2.09. The van der Waals surface area contributed by atoms with Crippen molar-refractivity contribution in [3.05, 3.63) is 23.2 Å². The van der Waals surface area contributed by atoms with Gasteiger partial charge in [-0.05, 0) is 12.1 Å². The van der Waals surface area contributed by atoms with Crippen molar-refractivity contribution >= 4 is 29.2 Å². The number of hydrogen-bond donors (Lipinski definition) is 1. The average Bonchev–Trinajstić information content (AvgIpc) is 2.50. The van der Waals surface area contributed by atoms with Crippen molar-refractivity contribution in [2.75, 3.05) is 24.5 Å². The normalized spacial score (nSPS) is 23.6. The molecule has 0 amide bonds. The molecule has 1 N–H and O–H groups in total. The zero-order chi connectivity index (χ0) is 11.0. The topological polar surface area (TPSA) is 27.6 Å². The summed E-state index contributed by atoms with van der Waals surface area (Å²) in [6.45, 7) is 3.09. The van der Waals surface area contributed by atoms with Crippen LogP contribution in [0.4, 0.5) is 11.4 Å². The number of halogens is 1.